The molecule has 0 unspecified atom stereocenters. The van der Waals surface area contributed by atoms with E-state index in [0.717, 1.165) is 36.3 Å². The molecule has 1 aromatic rings. The molecule has 2 N–H and O–H groups in total. The van der Waals surface area contributed by atoms with Crippen LogP contribution in [0.1, 0.15) is 25.3 Å². The number of anilines is 2. The average molecular weight is 312 g/mol. The number of fused-ring (bicyclic) bond motifs is 1. The zero-order valence-electron chi connectivity index (χ0n) is 12.4. The van der Waals surface area contributed by atoms with Crippen molar-refractivity contribution in [2.45, 2.75) is 26.2 Å². The van der Waals surface area contributed by atoms with Crippen molar-refractivity contribution in [2.75, 3.05) is 30.4 Å². The molecule has 1 aliphatic heterocycles. The first-order valence-corrected chi connectivity index (χ1v) is 6.98. The average Bonchev–Trinajstić information content (AvgIpc) is 2.44. The number of carbonyl (C=O) groups is 2. The van der Waals surface area contributed by atoms with Gasteiger partial charge >= 0.3 is 0 Å². The maximum absolute atomic E-state index is 12.3. The summed E-state index contributed by atoms with van der Waals surface area (Å²) in [6, 6.07) is 5.73. The van der Waals surface area contributed by atoms with E-state index >= 15 is 0 Å². The first-order chi connectivity index (χ1) is 9.63. The highest BCUT2D eigenvalue weighted by atomic mass is 35.5. The topological polar surface area (TPSA) is 61.4 Å². The number of benzene rings is 1. The second-order valence-corrected chi connectivity index (χ2v) is 4.99. The van der Waals surface area contributed by atoms with Crippen LogP contribution in [0.4, 0.5) is 11.4 Å². The summed E-state index contributed by atoms with van der Waals surface area (Å²) < 4.78 is 0. The molecule has 2 rings (SSSR count). The fraction of sp³-hybridized carbons (Fsp3) is 0.467. The van der Waals surface area contributed by atoms with E-state index in [0.29, 0.717) is 13.0 Å². The molecule has 1 heterocycles. The summed E-state index contributed by atoms with van der Waals surface area (Å²) in [6.45, 7) is 2.92. The summed E-state index contributed by atoms with van der Waals surface area (Å²) in [5.74, 6) is 0.0392. The number of rotatable bonds is 4. The number of carbonyl (C=O) groups excluding carboxylic acids is 2. The van der Waals surface area contributed by atoms with E-state index in [2.05, 4.69) is 10.6 Å². The summed E-state index contributed by atoms with van der Waals surface area (Å²) in [7, 11) is 1.84. The van der Waals surface area contributed by atoms with Gasteiger partial charge in [-0.25, -0.2) is 0 Å². The van der Waals surface area contributed by atoms with Gasteiger partial charge in [0, 0.05) is 37.8 Å². The summed E-state index contributed by atoms with van der Waals surface area (Å²) >= 11 is 0. The molecule has 0 spiro atoms. The summed E-state index contributed by atoms with van der Waals surface area (Å²) in [6.07, 6.45) is 2.30. The molecule has 5 nitrogen and oxygen atoms in total. The van der Waals surface area contributed by atoms with Crippen LogP contribution in [-0.4, -0.2) is 32.0 Å². The Morgan fingerprint density at radius 1 is 1.33 bits per heavy atom. The molecule has 116 valence electrons. The lowest BCUT2D eigenvalue weighted by Gasteiger charge is -2.31. The predicted molar refractivity (Wildman–Crippen MR) is 87.2 cm³/mol. The quantitative estimate of drug-likeness (QED) is 0.893. The molecule has 0 saturated heterocycles. The molecule has 0 fully saturated rings. The maximum Gasteiger partial charge on any atom is 0.228 e. The van der Waals surface area contributed by atoms with Crippen LogP contribution in [0.15, 0.2) is 18.2 Å². The van der Waals surface area contributed by atoms with Gasteiger partial charge in [-0.15, -0.1) is 12.4 Å². The normalized spacial score (nSPS) is 13.1. The number of hydrogen-bond donors (Lipinski definition) is 2. The lowest BCUT2D eigenvalue weighted by molar-refractivity contribution is -0.118. The zero-order chi connectivity index (χ0) is 14.5. The number of amides is 2. The van der Waals surface area contributed by atoms with Crippen LogP contribution in [0.3, 0.4) is 0 Å². The van der Waals surface area contributed by atoms with E-state index in [4.69, 9.17) is 0 Å². The molecular weight excluding hydrogens is 290 g/mol. The van der Waals surface area contributed by atoms with E-state index < -0.39 is 0 Å². The highest BCUT2D eigenvalue weighted by Crippen LogP contribution is 2.33. The number of hydrogen-bond acceptors (Lipinski definition) is 3. The fourth-order valence-electron chi connectivity index (χ4n) is 2.56. The molecule has 0 saturated carbocycles. The third kappa shape index (κ3) is 4.19. The van der Waals surface area contributed by atoms with Gasteiger partial charge in [-0.3, -0.25) is 9.59 Å². The third-order valence-electron chi connectivity index (χ3n) is 3.45. The van der Waals surface area contributed by atoms with Crippen molar-refractivity contribution < 1.29 is 9.59 Å². The summed E-state index contributed by atoms with van der Waals surface area (Å²) in [4.78, 5) is 25.3. The first kappa shape index (κ1) is 17.5. The Morgan fingerprint density at radius 3 is 2.76 bits per heavy atom. The highest BCUT2D eigenvalue weighted by molar-refractivity contribution is 5.97. The minimum absolute atomic E-state index is 0. The molecule has 21 heavy (non-hydrogen) atoms. The first-order valence-electron chi connectivity index (χ1n) is 6.98. The second-order valence-electron chi connectivity index (χ2n) is 4.99. The second kappa shape index (κ2) is 8.00. The minimum Gasteiger partial charge on any atom is -0.326 e. The van der Waals surface area contributed by atoms with Crippen LogP contribution in [0.25, 0.3) is 0 Å². The van der Waals surface area contributed by atoms with E-state index in [-0.39, 0.29) is 24.2 Å². The summed E-state index contributed by atoms with van der Waals surface area (Å²) in [5.41, 5.74) is 2.82. The third-order valence-corrected chi connectivity index (χ3v) is 3.45. The van der Waals surface area contributed by atoms with Gasteiger partial charge in [0.1, 0.15) is 0 Å². The molecular formula is C15H22ClN3O2. The van der Waals surface area contributed by atoms with Crippen molar-refractivity contribution >= 4 is 35.6 Å². The van der Waals surface area contributed by atoms with Gasteiger partial charge in [0.15, 0.2) is 0 Å². The van der Waals surface area contributed by atoms with Crippen molar-refractivity contribution in [1.29, 1.82) is 0 Å². The maximum atomic E-state index is 12.3. The Morgan fingerprint density at radius 2 is 2.10 bits per heavy atom. The van der Waals surface area contributed by atoms with Crippen molar-refractivity contribution in [3.63, 3.8) is 0 Å². The van der Waals surface area contributed by atoms with Crippen molar-refractivity contribution in [2.24, 2.45) is 0 Å². The predicted octanol–water partition coefficient (Wildman–Crippen LogP) is 1.96. The van der Waals surface area contributed by atoms with Gasteiger partial charge in [0.2, 0.25) is 11.8 Å². The molecule has 0 aliphatic carbocycles. The Kier molecular flexibility index (Phi) is 6.65. The van der Waals surface area contributed by atoms with Crippen molar-refractivity contribution in [3.8, 4) is 0 Å². The van der Waals surface area contributed by atoms with Gasteiger partial charge in [-0.1, -0.05) is 6.07 Å². The van der Waals surface area contributed by atoms with Crippen LogP contribution in [0.2, 0.25) is 0 Å². The van der Waals surface area contributed by atoms with Crippen LogP contribution >= 0.6 is 12.4 Å². The fourth-order valence-corrected chi connectivity index (χ4v) is 2.56. The molecule has 0 aromatic heterocycles. The van der Waals surface area contributed by atoms with Gasteiger partial charge in [0.05, 0.1) is 0 Å². The molecule has 0 atom stereocenters. The van der Waals surface area contributed by atoms with Gasteiger partial charge in [-0.05, 0) is 37.6 Å². The zero-order valence-corrected chi connectivity index (χ0v) is 13.3. The smallest absolute Gasteiger partial charge is 0.228 e. The largest absolute Gasteiger partial charge is 0.326 e. The van der Waals surface area contributed by atoms with E-state index in [9.17, 15) is 9.59 Å². The lowest BCUT2D eigenvalue weighted by Crippen LogP contribution is -2.37. The van der Waals surface area contributed by atoms with Gasteiger partial charge in [-0.2, -0.15) is 0 Å². The number of nitrogens with zero attached hydrogens (tertiary/aromatic N) is 1. The Hall–Kier alpha value is -1.59. The number of nitrogens with one attached hydrogen (secondary N) is 2. The SMILES string of the molecule is CNCCC(=O)N1CCCc2c(NC(C)=O)cccc21.Cl. The lowest BCUT2D eigenvalue weighted by atomic mass is 9.99. The van der Waals surface area contributed by atoms with Crippen LogP contribution in [0, 0.1) is 0 Å². The van der Waals surface area contributed by atoms with E-state index in [1.165, 1.54) is 6.92 Å². The van der Waals surface area contributed by atoms with Crippen molar-refractivity contribution in [3.05, 3.63) is 23.8 Å². The highest BCUT2D eigenvalue weighted by Gasteiger charge is 2.23. The number of halogens is 1. The van der Waals surface area contributed by atoms with Gasteiger partial charge < -0.3 is 15.5 Å². The Bertz CT molecular complexity index is 520. The van der Waals surface area contributed by atoms with Crippen LogP contribution in [0.5, 0.6) is 0 Å². The van der Waals surface area contributed by atoms with E-state index in [1.807, 2.05) is 30.1 Å². The molecule has 1 aromatic carbocycles. The van der Waals surface area contributed by atoms with Crippen LogP contribution in [-0.2, 0) is 16.0 Å². The minimum atomic E-state index is -0.0861. The van der Waals surface area contributed by atoms with Gasteiger partial charge in [0.25, 0.3) is 0 Å². The standard InChI is InChI=1S/C15H21N3O2.ClH/c1-11(19)17-13-6-3-7-14-12(13)5-4-10-18(14)15(20)8-9-16-2;/h3,6-7,16H,4-5,8-10H2,1-2H3,(H,17,19);1H. The monoisotopic (exact) mass is 311 g/mol. The van der Waals surface area contributed by atoms with Crippen molar-refractivity contribution in [1.82, 2.24) is 5.32 Å². The molecule has 2 amide bonds. The Labute approximate surface area is 131 Å². The molecule has 6 heteroatoms. The Balaban J connectivity index is 0.00000220. The van der Waals surface area contributed by atoms with Crippen LogP contribution < -0.4 is 15.5 Å². The summed E-state index contributed by atoms with van der Waals surface area (Å²) in [5, 5.41) is 5.84. The molecule has 1 aliphatic rings. The molecule has 0 bridgehead atoms. The molecule has 0 radical (unpaired) electrons. The van der Waals surface area contributed by atoms with E-state index in [1.54, 1.807) is 0 Å².